The fraction of sp³-hybridized carbons (Fsp3) is 0.176. The largest absolute Gasteiger partial charge is 1.00 e. The molecule has 0 spiro atoms. The van der Waals surface area contributed by atoms with Gasteiger partial charge in [-0.2, -0.15) is 0 Å². The zero-order chi connectivity index (χ0) is 71.1. The van der Waals surface area contributed by atoms with Gasteiger partial charge in [-0.15, -0.1) is 0 Å². The summed E-state index contributed by atoms with van der Waals surface area (Å²) in [5, 5.41) is 0. The van der Waals surface area contributed by atoms with Crippen LogP contribution in [0.5, 0.6) is 0 Å². The summed E-state index contributed by atoms with van der Waals surface area (Å²) < 4.78 is 0.458. The van der Waals surface area contributed by atoms with Crippen LogP contribution in [0.2, 0.25) is 0 Å². The Balaban J connectivity index is 0.00000464. The van der Waals surface area contributed by atoms with Crippen molar-refractivity contribution < 1.29 is 48.0 Å². The number of hydrogen-bond acceptors (Lipinski definition) is 0. The third-order valence-electron chi connectivity index (χ3n) is 21.7. The zero-order valence-electron chi connectivity index (χ0n) is 62.4. The molecule has 0 heterocycles. The minimum Gasteiger partial charge on any atom is -1.00 e. The van der Waals surface area contributed by atoms with E-state index in [0.29, 0.717) is 0 Å². The summed E-state index contributed by atoms with van der Waals surface area (Å²) in [7, 11) is 0. The molecule has 0 bridgehead atoms. The van der Waals surface area contributed by atoms with Gasteiger partial charge < -0.3 is 24.8 Å². The van der Waals surface area contributed by atoms with Gasteiger partial charge in [0, 0.05) is 0 Å². The van der Waals surface area contributed by atoms with Crippen LogP contribution in [-0.2, 0) is 44.9 Å². The summed E-state index contributed by atoms with van der Waals surface area (Å²) in [6.45, 7) is 28.9. The Morgan fingerprint density at radius 2 is 0.505 bits per heavy atom. The molecule has 4 aliphatic carbocycles. The van der Waals surface area contributed by atoms with Gasteiger partial charge in [-0.25, -0.2) is 0 Å². The van der Waals surface area contributed by atoms with Crippen molar-refractivity contribution >= 4 is 23.3 Å². The van der Waals surface area contributed by atoms with Gasteiger partial charge >= 0.3 is 497 Å². The monoisotopic (exact) mass is 1470 g/mol. The topological polar surface area (TPSA) is 0 Å². The van der Waals surface area contributed by atoms with Crippen LogP contribution in [0.3, 0.4) is 0 Å². The predicted octanol–water partition coefficient (Wildman–Crippen LogP) is 21.9. The van der Waals surface area contributed by atoms with Crippen molar-refractivity contribution in [1.82, 2.24) is 0 Å². The zero-order valence-corrected chi connectivity index (χ0v) is 66.4. The van der Waals surface area contributed by atoms with E-state index < -0.39 is 23.2 Å². The van der Waals surface area contributed by atoms with Crippen molar-refractivity contribution in [2.45, 2.75) is 112 Å². The third kappa shape index (κ3) is 14.2. The second kappa shape index (κ2) is 28.8. The minimum absolute atomic E-state index is 0. The summed E-state index contributed by atoms with van der Waals surface area (Å²) in [6, 6.07) is 102. The van der Waals surface area contributed by atoms with Gasteiger partial charge in [0.1, 0.15) is 0 Å². The van der Waals surface area contributed by atoms with Crippen molar-refractivity contribution in [3.05, 3.63) is 381 Å². The second-order valence-electron chi connectivity index (χ2n) is 32.9. The molecule has 3 heteroatoms. The van der Waals surface area contributed by atoms with E-state index in [-0.39, 0.29) is 53.7 Å². The van der Waals surface area contributed by atoms with Crippen molar-refractivity contribution in [2.24, 2.45) is 0 Å². The fourth-order valence-electron chi connectivity index (χ4n) is 16.4. The molecule has 12 aromatic rings. The summed E-state index contributed by atoms with van der Waals surface area (Å²) in [4.78, 5) is 0. The molecule has 2 atom stereocenters. The molecule has 4 aliphatic rings. The number of benzene rings is 12. The van der Waals surface area contributed by atoms with Crippen molar-refractivity contribution in [1.29, 1.82) is 0 Å². The molecule has 0 fully saturated rings. The van der Waals surface area contributed by atoms with Gasteiger partial charge in [-0.05, 0) is 34.4 Å². The van der Waals surface area contributed by atoms with E-state index in [1.165, 1.54) is 178 Å². The van der Waals surface area contributed by atoms with Crippen molar-refractivity contribution in [3.63, 3.8) is 0 Å². The molecule has 516 valence electrons. The maximum atomic E-state index is 2.69. The Hall–Kier alpha value is -9.46. The van der Waals surface area contributed by atoms with Crippen LogP contribution >= 0.6 is 0 Å². The normalized spacial score (nSPS) is 15.7. The Bertz CT molecular complexity index is 5150. The Morgan fingerprint density at radius 1 is 0.248 bits per heavy atom. The molecule has 0 aromatic heterocycles. The molecule has 0 aliphatic heterocycles. The number of halogens is 2. The Morgan fingerprint density at radius 3 is 0.790 bits per heavy atom. The summed E-state index contributed by atoms with van der Waals surface area (Å²) in [5.41, 5.74) is 41.7. The molecular weight excluding hydrogens is 1390 g/mol. The number of rotatable bonds is 12. The van der Waals surface area contributed by atoms with Crippen LogP contribution < -0.4 is 24.8 Å². The summed E-state index contributed by atoms with van der Waals surface area (Å²) >= 11 is -1.68. The molecule has 0 nitrogen and oxygen atoms in total. The molecule has 16 rings (SSSR count). The second-order valence-corrected chi connectivity index (χ2v) is 36.6. The van der Waals surface area contributed by atoms with E-state index in [1.54, 1.807) is 0 Å². The maximum absolute atomic E-state index is 2.69. The third-order valence-corrected chi connectivity index (χ3v) is 26.4. The van der Waals surface area contributed by atoms with Crippen LogP contribution in [0.1, 0.15) is 157 Å². The van der Waals surface area contributed by atoms with Crippen LogP contribution in [0.25, 0.3) is 112 Å². The molecule has 2 unspecified atom stereocenters. The number of fused-ring (bicyclic) bond motifs is 6. The van der Waals surface area contributed by atoms with E-state index in [2.05, 4.69) is 399 Å². The van der Waals surface area contributed by atoms with Gasteiger partial charge in [0.25, 0.3) is 0 Å². The first-order chi connectivity index (χ1) is 49.6. The number of hydrogen-bond donors (Lipinski definition) is 0. The summed E-state index contributed by atoms with van der Waals surface area (Å²) in [5.74, 6) is 0. The Kier molecular flexibility index (Phi) is 19.9. The molecule has 0 saturated carbocycles. The standard InChI is InChI=1S/2C51H45.2ClH.Zr/c2*1-50(2,3)48-32-44-41(30-46(48)36-18-11-8-12-19-36)29-42-31-47(49(33-45(42)44)51(4,5)6)38-25-23-37(24-26-38)43-22-14-21-40(43)28-34-15-13-20-39(27-34)35-16-9-7-10-17-35;;;/h2*7-33H,1-6H3;2*1H;/q;;;;+2/p-2. The van der Waals surface area contributed by atoms with E-state index in [4.69, 9.17) is 0 Å². The molecule has 12 aromatic carbocycles. The average molecular weight is 1480 g/mol. The Labute approximate surface area is 648 Å². The number of allylic oxidation sites excluding steroid dienone is 10. The predicted molar refractivity (Wildman–Crippen MR) is 438 cm³/mol. The first kappa shape index (κ1) is 72.5. The van der Waals surface area contributed by atoms with Gasteiger partial charge in [-0.3, -0.25) is 0 Å². The average Bonchev–Trinajstić information content (AvgIpc) is 1.66. The van der Waals surface area contributed by atoms with E-state index in [9.17, 15) is 0 Å². The molecule has 0 saturated heterocycles. The summed E-state index contributed by atoms with van der Waals surface area (Å²) in [6.07, 6.45) is 18.2. The first-order valence-electron chi connectivity index (χ1n) is 36.9. The van der Waals surface area contributed by atoms with Gasteiger partial charge in [0.05, 0.1) is 0 Å². The van der Waals surface area contributed by atoms with Crippen molar-refractivity contribution in [3.8, 4) is 89.0 Å². The van der Waals surface area contributed by atoms with E-state index in [1.807, 2.05) is 0 Å². The molecule has 0 amide bonds. The van der Waals surface area contributed by atoms with E-state index in [0.717, 1.165) is 0 Å². The molecule has 0 radical (unpaired) electrons. The molecule has 105 heavy (non-hydrogen) atoms. The van der Waals surface area contributed by atoms with Gasteiger partial charge in [0.15, 0.2) is 0 Å². The fourth-order valence-corrected chi connectivity index (χ4v) is 21.4. The smallest absolute Gasteiger partial charge is 1.00 e. The SMILES string of the molecule is CC(C)(C)c1cc2c(cc1-c1ccccc1)[CH]([Zr+2][CH]1c3cc(-c4ccccc4)c(C(C)(C)C)cc3-c3cc(C(C)(C)C)c(-c4ccc(C5=CC=CC5=Cc5cccc(-c6ccccc6)c5)cc4)cc31)c1cc(-c3ccc(C4=CC=CC4=Cc4cccc(-c5ccccc5)c4)cc3)c(C(C)(C)C)cc1-2.[Cl-].[Cl-]. The maximum Gasteiger partial charge on any atom is -1.00 e. The minimum atomic E-state index is -1.68. The van der Waals surface area contributed by atoms with Crippen LogP contribution in [0, 0.1) is 0 Å². The molecular formula is C102H90Cl2Zr. The first-order valence-corrected chi connectivity index (χ1v) is 39.8. The van der Waals surface area contributed by atoms with Gasteiger partial charge in [-0.1, -0.05) is 97.1 Å². The van der Waals surface area contributed by atoms with Crippen LogP contribution in [0.15, 0.2) is 315 Å². The molecule has 0 N–H and O–H groups in total. The van der Waals surface area contributed by atoms with Gasteiger partial charge in [0.2, 0.25) is 0 Å². The van der Waals surface area contributed by atoms with Crippen LogP contribution in [0.4, 0.5) is 0 Å². The van der Waals surface area contributed by atoms with Crippen LogP contribution in [-0.4, -0.2) is 0 Å². The quantitative estimate of drug-likeness (QED) is 0.114. The van der Waals surface area contributed by atoms with Crippen molar-refractivity contribution in [2.75, 3.05) is 0 Å². The van der Waals surface area contributed by atoms with E-state index >= 15 is 0 Å².